The standard InChI is InChI=1S/C15H14N2OS2/c1-18-11-6-4-10(5-7-11)13-8-14(19-2)12(9-16)15(17-13)20-3/h4-8H,1-3H3. The fraction of sp³-hybridized carbons (Fsp3) is 0.200. The van der Waals surface area contributed by atoms with E-state index in [0.717, 1.165) is 26.9 Å². The van der Waals surface area contributed by atoms with Crippen molar-refractivity contribution in [1.82, 2.24) is 4.98 Å². The lowest BCUT2D eigenvalue weighted by Crippen LogP contribution is -1.94. The van der Waals surface area contributed by atoms with Crippen molar-refractivity contribution < 1.29 is 4.74 Å². The van der Waals surface area contributed by atoms with Gasteiger partial charge in [-0.3, -0.25) is 0 Å². The van der Waals surface area contributed by atoms with Crippen LogP contribution in [0.3, 0.4) is 0 Å². The van der Waals surface area contributed by atoms with Gasteiger partial charge in [-0.05, 0) is 42.8 Å². The van der Waals surface area contributed by atoms with Gasteiger partial charge in [0.25, 0.3) is 0 Å². The van der Waals surface area contributed by atoms with E-state index in [1.54, 1.807) is 18.9 Å². The highest BCUT2D eigenvalue weighted by atomic mass is 32.2. The Bertz CT molecular complexity index is 623. The van der Waals surface area contributed by atoms with Gasteiger partial charge in [-0.15, -0.1) is 23.5 Å². The van der Waals surface area contributed by atoms with Crippen molar-refractivity contribution in [2.75, 3.05) is 19.6 Å². The molecule has 3 nitrogen and oxygen atoms in total. The molecule has 1 heterocycles. The number of ether oxygens (including phenoxy) is 1. The third-order valence-electron chi connectivity index (χ3n) is 2.86. The molecule has 0 saturated carbocycles. The van der Waals surface area contributed by atoms with Crippen LogP contribution in [-0.2, 0) is 0 Å². The molecule has 0 amide bonds. The molecule has 1 aromatic carbocycles. The summed E-state index contributed by atoms with van der Waals surface area (Å²) in [6.07, 6.45) is 3.91. The highest BCUT2D eigenvalue weighted by Gasteiger charge is 2.12. The zero-order valence-electron chi connectivity index (χ0n) is 11.5. The zero-order valence-corrected chi connectivity index (χ0v) is 13.1. The summed E-state index contributed by atoms with van der Waals surface area (Å²) in [6.45, 7) is 0. The molecule has 2 aromatic rings. The Morgan fingerprint density at radius 3 is 2.35 bits per heavy atom. The molecule has 0 saturated heterocycles. The van der Waals surface area contributed by atoms with Crippen molar-refractivity contribution in [1.29, 1.82) is 5.26 Å². The molecule has 0 atom stereocenters. The van der Waals surface area contributed by atoms with Crippen LogP contribution < -0.4 is 4.74 Å². The summed E-state index contributed by atoms with van der Waals surface area (Å²) in [4.78, 5) is 5.54. The van der Waals surface area contributed by atoms with Crippen LogP contribution in [0.2, 0.25) is 0 Å². The predicted molar refractivity (Wildman–Crippen MR) is 84.5 cm³/mol. The minimum absolute atomic E-state index is 0.655. The molecule has 0 aliphatic heterocycles. The van der Waals surface area contributed by atoms with E-state index in [9.17, 15) is 5.26 Å². The van der Waals surface area contributed by atoms with Gasteiger partial charge in [0.05, 0.1) is 18.4 Å². The molecular weight excluding hydrogens is 288 g/mol. The van der Waals surface area contributed by atoms with Gasteiger partial charge in [0.15, 0.2) is 0 Å². The molecule has 1 aromatic heterocycles. The molecule has 0 spiro atoms. The Morgan fingerprint density at radius 1 is 1.15 bits per heavy atom. The molecule has 0 aliphatic rings. The van der Waals surface area contributed by atoms with Crippen LogP contribution in [0.25, 0.3) is 11.3 Å². The van der Waals surface area contributed by atoms with E-state index in [1.165, 1.54) is 11.8 Å². The first-order valence-corrected chi connectivity index (χ1v) is 8.36. The number of benzene rings is 1. The minimum atomic E-state index is 0.655. The van der Waals surface area contributed by atoms with Crippen LogP contribution in [0, 0.1) is 11.3 Å². The molecule has 102 valence electrons. The number of aromatic nitrogens is 1. The molecule has 2 rings (SSSR count). The van der Waals surface area contributed by atoms with Crippen molar-refractivity contribution >= 4 is 23.5 Å². The van der Waals surface area contributed by atoms with Crippen LogP contribution in [0.4, 0.5) is 0 Å². The van der Waals surface area contributed by atoms with Gasteiger partial charge in [-0.1, -0.05) is 0 Å². The maximum Gasteiger partial charge on any atom is 0.118 e. The average molecular weight is 302 g/mol. The molecule has 0 aliphatic carbocycles. The normalized spacial score (nSPS) is 10.1. The van der Waals surface area contributed by atoms with Gasteiger partial charge >= 0.3 is 0 Å². The van der Waals surface area contributed by atoms with Crippen molar-refractivity contribution in [3.8, 4) is 23.1 Å². The highest BCUT2D eigenvalue weighted by molar-refractivity contribution is 7.99. The monoisotopic (exact) mass is 302 g/mol. The lowest BCUT2D eigenvalue weighted by Gasteiger charge is -2.09. The van der Waals surface area contributed by atoms with Crippen molar-refractivity contribution in [3.63, 3.8) is 0 Å². The van der Waals surface area contributed by atoms with Crippen molar-refractivity contribution in [3.05, 3.63) is 35.9 Å². The molecule has 0 radical (unpaired) electrons. The van der Waals surface area contributed by atoms with E-state index in [1.807, 2.05) is 42.8 Å². The first-order valence-electron chi connectivity index (χ1n) is 5.91. The second kappa shape index (κ2) is 6.69. The number of hydrogen-bond acceptors (Lipinski definition) is 5. The number of nitriles is 1. The Kier molecular flexibility index (Phi) is 4.94. The minimum Gasteiger partial charge on any atom is -0.497 e. The van der Waals surface area contributed by atoms with E-state index in [2.05, 4.69) is 11.1 Å². The van der Waals surface area contributed by atoms with Crippen LogP contribution in [0.15, 0.2) is 40.3 Å². The molecule has 0 unspecified atom stereocenters. The zero-order chi connectivity index (χ0) is 14.5. The van der Waals surface area contributed by atoms with E-state index in [4.69, 9.17) is 4.74 Å². The Morgan fingerprint density at radius 2 is 1.85 bits per heavy atom. The maximum absolute atomic E-state index is 9.26. The second-order valence-electron chi connectivity index (χ2n) is 3.93. The lowest BCUT2D eigenvalue weighted by atomic mass is 10.1. The summed E-state index contributed by atoms with van der Waals surface area (Å²) >= 11 is 3.06. The van der Waals surface area contributed by atoms with Gasteiger partial charge in [0, 0.05) is 10.5 Å². The van der Waals surface area contributed by atoms with E-state index in [-0.39, 0.29) is 0 Å². The SMILES string of the molecule is COc1ccc(-c2cc(SC)c(C#N)c(SC)n2)cc1. The van der Waals surface area contributed by atoms with Gasteiger partial charge in [-0.2, -0.15) is 5.26 Å². The molecule has 0 N–H and O–H groups in total. The summed E-state index contributed by atoms with van der Waals surface area (Å²) < 4.78 is 5.16. The summed E-state index contributed by atoms with van der Waals surface area (Å²) in [5.41, 5.74) is 2.54. The molecule has 0 bridgehead atoms. The van der Waals surface area contributed by atoms with E-state index in [0.29, 0.717) is 5.56 Å². The first kappa shape index (κ1) is 14.8. The first-order chi connectivity index (χ1) is 9.73. The molecular formula is C15H14N2OS2. The average Bonchev–Trinajstić information content (AvgIpc) is 2.53. The van der Waals surface area contributed by atoms with Crippen LogP contribution in [-0.4, -0.2) is 24.6 Å². The number of methoxy groups -OCH3 is 1. The quantitative estimate of drug-likeness (QED) is 0.797. The van der Waals surface area contributed by atoms with Crippen molar-refractivity contribution in [2.24, 2.45) is 0 Å². The summed E-state index contributed by atoms with van der Waals surface area (Å²) in [5, 5.41) is 10.0. The van der Waals surface area contributed by atoms with Gasteiger partial charge < -0.3 is 4.74 Å². The molecule has 0 fully saturated rings. The smallest absolute Gasteiger partial charge is 0.118 e. The van der Waals surface area contributed by atoms with Crippen molar-refractivity contribution in [2.45, 2.75) is 9.92 Å². The van der Waals surface area contributed by atoms with Crippen LogP contribution >= 0.6 is 23.5 Å². The van der Waals surface area contributed by atoms with Gasteiger partial charge in [0.2, 0.25) is 0 Å². The molecule has 5 heteroatoms. The van der Waals surface area contributed by atoms with Crippen LogP contribution in [0.1, 0.15) is 5.56 Å². The summed E-state index contributed by atoms with van der Waals surface area (Å²) in [7, 11) is 1.65. The Hall–Kier alpha value is -1.64. The number of thioether (sulfide) groups is 2. The van der Waals surface area contributed by atoms with Gasteiger partial charge in [0.1, 0.15) is 16.8 Å². The topological polar surface area (TPSA) is 45.9 Å². The largest absolute Gasteiger partial charge is 0.497 e. The second-order valence-corrected chi connectivity index (χ2v) is 5.58. The number of hydrogen-bond donors (Lipinski definition) is 0. The third kappa shape index (κ3) is 2.92. The maximum atomic E-state index is 9.26. The lowest BCUT2D eigenvalue weighted by molar-refractivity contribution is 0.415. The highest BCUT2D eigenvalue weighted by Crippen LogP contribution is 2.32. The fourth-order valence-electron chi connectivity index (χ4n) is 1.82. The van der Waals surface area contributed by atoms with Crippen LogP contribution in [0.5, 0.6) is 5.75 Å². The number of pyridine rings is 1. The summed E-state index contributed by atoms with van der Waals surface area (Å²) in [5.74, 6) is 0.817. The van der Waals surface area contributed by atoms with E-state index >= 15 is 0 Å². The fourth-order valence-corrected chi connectivity index (χ4v) is 3.01. The number of nitrogens with zero attached hydrogens (tertiary/aromatic N) is 2. The predicted octanol–water partition coefficient (Wildman–Crippen LogP) is 4.07. The molecule has 20 heavy (non-hydrogen) atoms. The Balaban J connectivity index is 2.54. The Labute approximate surface area is 127 Å². The third-order valence-corrected chi connectivity index (χ3v) is 4.30. The number of rotatable bonds is 4. The van der Waals surface area contributed by atoms with E-state index < -0.39 is 0 Å². The van der Waals surface area contributed by atoms with Gasteiger partial charge in [-0.25, -0.2) is 4.98 Å². The summed E-state index contributed by atoms with van der Waals surface area (Å²) in [6, 6.07) is 12.0.